The Morgan fingerprint density at radius 3 is 2.83 bits per heavy atom. The Hall–Kier alpha value is -1.53. The lowest BCUT2D eigenvalue weighted by Gasteiger charge is -1.94. The van der Waals surface area contributed by atoms with Gasteiger partial charge in [-0.1, -0.05) is 6.92 Å². The lowest BCUT2D eigenvalue weighted by Crippen LogP contribution is -2.15. The van der Waals surface area contributed by atoms with Gasteiger partial charge in [-0.3, -0.25) is 4.79 Å². The van der Waals surface area contributed by atoms with Gasteiger partial charge in [-0.15, -0.1) is 22.7 Å². The zero-order chi connectivity index (χ0) is 13.0. The SMILES string of the molecule is CCc1ccc(C(=O)N/N=C\c2ccc(F)s2)s1. The van der Waals surface area contributed by atoms with Crippen molar-refractivity contribution in [2.24, 2.45) is 5.10 Å². The first kappa shape index (κ1) is 12.9. The molecule has 0 saturated carbocycles. The van der Waals surface area contributed by atoms with E-state index in [0.29, 0.717) is 9.75 Å². The van der Waals surface area contributed by atoms with Gasteiger partial charge < -0.3 is 0 Å². The summed E-state index contributed by atoms with van der Waals surface area (Å²) in [5, 5.41) is 3.52. The number of nitrogens with one attached hydrogen (secondary N) is 1. The van der Waals surface area contributed by atoms with Crippen molar-refractivity contribution < 1.29 is 9.18 Å². The molecule has 0 bridgehead atoms. The number of thiophene rings is 2. The van der Waals surface area contributed by atoms with E-state index >= 15 is 0 Å². The maximum atomic E-state index is 12.7. The van der Waals surface area contributed by atoms with Gasteiger partial charge in [0.2, 0.25) is 0 Å². The monoisotopic (exact) mass is 282 g/mol. The second-order valence-corrected chi connectivity index (χ2v) is 5.69. The summed E-state index contributed by atoms with van der Waals surface area (Å²) in [6.07, 6.45) is 2.34. The van der Waals surface area contributed by atoms with Gasteiger partial charge >= 0.3 is 0 Å². The second-order valence-electron chi connectivity index (χ2n) is 3.46. The van der Waals surface area contributed by atoms with E-state index in [1.54, 1.807) is 12.1 Å². The molecule has 0 aliphatic rings. The lowest BCUT2D eigenvalue weighted by molar-refractivity contribution is 0.0959. The molecule has 0 spiro atoms. The molecule has 18 heavy (non-hydrogen) atoms. The minimum Gasteiger partial charge on any atom is -0.266 e. The van der Waals surface area contributed by atoms with Crippen molar-refractivity contribution in [1.82, 2.24) is 5.43 Å². The zero-order valence-corrected chi connectivity index (χ0v) is 11.3. The molecule has 3 nitrogen and oxygen atoms in total. The number of hydrogen-bond acceptors (Lipinski definition) is 4. The molecular weight excluding hydrogens is 271 g/mol. The number of carbonyl (C=O) groups is 1. The Kier molecular flexibility index (Phi) is 4.22. The van der Waals surface area contributed by atoms with Gasteiger partial charge in [0, 0.05) is 4.88 Å². The molecule has 0 aromatic carbocycles. The number of carbonyl (C=O) groups excluding carboxylic acids is 1. The van der Waals surface area contributed by atoms with Crippen molar-refractivity contribution in [1.29, 1.82) is 0 Å². The summed E-state index contributed by atoms with van der Waals surface area (Å²) in [5.41, 5.74) is 2.42. The van der Waals surface area contributed by atoms with Crippen molar-refractivity contribution in [2.45, 2.75) is 13.3 Å². The van der Waals surface area contributed by atoms with Crippen LogP contribution in [-0.2, 0) is 6.42 Å². The molecule has 2 aromatic rings. The highest BCUT2D eigenvalue weighted by molar-refractivity contribution is 7.14. The minimum absolute atomic E-state index is 0.243. The Labute approximate surface area is 112 Å². The van der Waals surface area contributed by atoms with Gasteiger partial charge in [0.1, 0.15) is 0 Å². The number of aryl methyl sites for hydroxylation is 1. The van der Waals surface area contributed by atoms with Gasteiger partial charge in [0.15, 0.2) is 5.13 Å². The highest BCUT2D eigenvalue weighted by Gasteiger charge is 2.07. The normalized spacial score (nSPS) is 11.0. The number of hydrazone groups is 1. The maximum absolute atomic E-state index is 12.7. The second kappa shape index (κ2) is 5.88. The summed E-state index contributed by atoms with van der Waals surface area (Å²) < 4.78 is 12.7. The predicted octanol–water partition coefficient (Wildman–Crippen LogP) is 3.28. The fraction of sp³-hybridized carbons (Fsp3) is 0.167. The third kappa shape index (κ3) is 3.24. The van der Waals surface area contributed by atoms with Crippen LogP contribution >= 0.6 is 22.7 Å². The van der Waals surface area contributed by atoms with E-state index in [-0.39, 0.29) is 11.0 Å². The fourth-order valence-corrected chi connectivity index (χ4v) is 2.74. The molecule has 0 saturated heterocycles. The van der Waals surface area contributed by atoms with Crippen LogP contribution in [0.1, 0.15) is 26.3 Å². The first-order valence-corrected chi connectivity index (χ1v) is 7.00. The smallest absolute Gasteiger partial charge is 0.266 e. The van der Waals surface area contributed by atoms with Crippen LogP contribution < -0.4 is 5.43 Å². The molecule has 2 aromatic heterocycles. The molecule has 1 N–H and O–H groups in total. The van der Waals surface area contributed by atoms with Crippen LogP contribution in [0.3, 0.4) is 0 Å². The molecule has 2 heterocycles. The van der Waals surface area contributed by atoms with Gasteiger partial charge in [0.25, 0.3) is 5.91 Å². The standard InChI is InChI=1S/C12H11FN2OS2/c1-2-8-3-5-10(17-8)12(16)15-14-7-9-4-6-11(13)18-9/h3-7H,2H2,1H3,(H,15,16)/b14-7-. The van der Waals surface area contributed by atoms with Gasteiger partial charge in [0.05, 0.1) is 16.0 Å². The third-order valence-electron chi connectivity index (χ3n) is 2.19. The maximum Gasteiger partial charge on any atom is 0.281 e. The number of hydrogen-bond donors (Lipinski definition) is 1. The molecule has 0 unspecified atom stereocenters. The average Bonchev–Trinajstić information content (AvgIpc) is 2.98. The summed E-state index contributed by atoms with van der Waals surface area (Å²) in [5.74, 6) is -0.243. The van der Waals surface area contributed by atoms with E-state index in [0.717, 1.165) is 22.6 Å². The molecule has 94 valence electrons. The molecule has 1 amide bonds. The predicted molar refractivity (Wildman–Crippen MR) is 73.0 cm³/mol. The first-order chi connectivity index (χ1) is 8.69. The van der Waals surface area contributed by atoms with Crippen molar-refractivity contribution in [2.75, 3.05) is 0 Å². The topological polar surface area (TPSA) is 41.5 Å². The molecule has 0 aliphatic heterocycles. The van der Waals surface area contributed by atoms with Crippen LogP contribution in [0.2, 0.25) is 0 Å². The molecule has 2 rings (SSSR count). The largest absolute Gasteiger partial charge is 0.281 e. The van der Waals surface area contributed by atoms with Crippen LogP contribution in [-0.4, -0.2) is 12.1 Å². The quantitative estimate of drug-likeness (QED) is 0.678. The third-order valence-corrected chi connectivity index (χ3v) is 4.22. The van der Waals surface area contributed by atoms with E-state index in [4.69, 9.17) is 0 Å². The van der Waals surface area contributed by atoms with Crippen molar-refractivity contribution in [3.8, 4) is 0 Å². The van der Waals surface area contributed by atoms with Crippen LogP contribution in [0.5, 0.6) is 0 Å². The number of rotatable bonds is 4. The highest BCUT2D eigenvalue weighted by atomic mass is 32.1. The van der Waals surface area contributed by atoms with Crippen molar-refractivity contribution in [3.63, 3.8) is 0 Å². The molecule has 0 aliphatic carbocycles. The Bertz CT molecular complexity index is 574. The average molecular weight is 282 g/mol. The Morgan fingerprint density at radius 2 is 2.22 bits per heavy atom. The van der Waals surface area contributed by atoms with E-state index < -0.39 is 0 Å². The highest BCUT2D eigenvalue weighted by Crippen LogP contribution is 2.16. The molecular formula is C12H11FN2OS2. The number of halogens is 1. The molecule has 0 atom stereocenters. The van der Waals surface area contributed by atoms with Crippen molar-refractivity contribution in [3.05, 3.63) is 44.0 Å². The Morgan fingerprint density at radius 1 is 1.39 bits per heavy atom. The van der Waals surface area contributed by atoms with Crippen LogP contribution in [0, 0.1) is 5.13 Å². The summed E-state index contributed by atoms with van der Waals surface area (Å²) >= 11 is 2.43. The fourth-order valence-electron chi connectivity index (χ4n) is 1.30. The summed E-state index contributed by atoms with van der Waals surface area (Å²) in [6, 6.07) is 6.67. The van der Waals surface area contributed by atoms with E-state index in [2.05, 4.69) is 10.5 Å². The summed E-state index contributed by atoms with van der Waals surface area (Å²) in [6.45, 7) is 2.04. The van der Waals surface area contributed by atoms with Gasteiger partial charge in [-0.05, 0) is 30.7 Å². The Balaban J connectivity index is 1.93. The first-order valence-electron chi connectivity index (χ1n) is 5.36. The van der Waals surface area contributed by atoms with E-state index in [1.807, 2.05) is 13.0 Å². The lowest BCUT2D eigenvalue weighted by atomic mass is 10.3. The van der Waals surface area contributed by atoms with Gasteiger partial charge in [-0.25, -0.2) is 5.43 Å². The van der Waals surface area contributed by atoms with Crippen molar-refractivity contribution >= 4 is 34.8 Å². The van der Waals surface area contributed by atoms with Crippen LogP contribution in [0.15, 0.2) is 29.4 Å². The zero-order valence-electron chi connectivity index (χ0n) is 9.64. The minimum atomic E-state index is -0.270. The molecule has 0 radical (unpaired) electrons. The summed E-state index contributed by atoms with van der Waals surface area (Å²) in [7, 11) is 0. The summed E-state index contributed by atoms with van der Waals surface area (Å²) in [4.78, 5) is 14.1. The van der Waals surface area contributed by atoms with Crippen LogP contribution in [0.25, 0.3) is 0 Å². The van der Waals surface area contributed by atoms with E-state index in [1.165, 1.54) is 23.6 Å². The van der Waals surface area contributed by atoms with Crippen LogP contribution in [0.4, 0.5) is 4.39 Å². The van der Waals surface area contributed by atoms with Gasteiger partial charge in [-0.2, -0.15) is 9.49 Å². The number of nitrogens with zero attached hydrogens (tertiary/aromatic N) is 1. The molecule has 6 heteroatoms. The number of amides is 1. The van der Waals surface area contributed by atoms with E-state index in [9.17, 15) is 9.18 Å². The molecule has 0 fully saturated rings.